The average molecular weight is 202 g/mol. The molecule has 2 aromatic heterocycles. The number of esters is 1. The van der Waals surface area contributed by atoms with Crippen molar-refractivity contribution in [2.24, 2.45) is 0 Å². The maximum absolute atomic E-state index is 10.8. The van der Waals surface area contributed by atoms with Crippen molar-refractivity contribution >= 4 is 5.97 Å². The van der Waals surface area contributed by atoms with Gasteiger partial charge in [0.1, 0.15) is 0 Å². The smallest absolute Gasteiger partial charge is 0.309 e. The van der Waals surface area contributed by atoms with Gasteiger partial charge in [0, 0.05) is 31.6 Å². The highest BCUT2D eigenvalue weighted by molar-refractivity contribution is 5.69. The molecule has 0 aliphatic heterocycles. The molecule has 2 heterocycles. The molecule has 0 radical (unpaired) electrons. The van der Waals surface area contributed by atoms with Crippen molar-refractivity contribution in [3.05, 3.63) is 42.9 Å². The lowest BCUT2D eigenvalue weighted by atomic mass is 10.4. The molecule has 76 valence electrons. The molecule has 15 heavy (non-hydrogen) atoms. The lowest BCUT2D eigenvalue weighted by Gasteiger charge is -2.07. The van der Waals surface area contributed by atoms with Crippen molar-refractivity contribution in [2.45, 2.75) is 6.92 Å². The van der Waals surface area contributed by atoms with E-state index in [0.29, 0.717) is 5.88 Å². The summed E-state index contributed by atoms with van der Waals surface area (Å²) < 4.78 is 6.82. The predicted octanol–water partition coefficient (Wildman–Crippen LogP) is 1.80. The molecule has 4 nitrogen and oxygen atoms in total. The van der Waals surface area contributed by atoms with Gasteiger partial charge in [-0.05, 0) is 18.2 Å². The Labute approximate surface area is 87.1 Å². The third-order valence-electron chi connectivity index (χ3n) is 1.90. The number of hydrogen-bond donors (Lipinski definition) is 0. The average Bonchev–Trinajstić information content (AvgIpc) is 2.66. The minimum atomic E-state index is -0.330. The molecule has 0 unspecified atom stereocenters. The summed E-state index contributed by atoms with van der Waals surface area (Å²) in [5, 5.41) is 0. The molecular weight excluding hydrogens is 192 g/mol. The first kappa shape index (κ1) is 9.45. The summed E-state index contributed by atoms with van der Waals surface area (Å²) >= 11 is 0. The van der Waals surface area contributed by atoms with Gasteiger partial charge in [-0.15, -0.1) is 0 Å². The second kappa shape index (κ2) is 3.96. The first-order chi connectivity index (χ1) is 7.27. The van der Waals surface area contributed by atoms with Crippen molar-refractivity contribution < 1.29 is 9.53 Å². The lowest BCUT2D eigenvalue weighted by Crippen LogP contribution is -2.05. The van der Waals surface area contributed by atoms with Crippen LogP contribution in [0.2, 0.25) is 0 Å². The van der Waals surface area contributed by atoms with Gasteiger partial charge in [0.25, 0.3) is 0 Å². The van der Waals surface area contributed by atoms with Crippen LogP contribution in [-0.4, -0.2) is 15.5 Å². The Morgan fingerprint density at radius 2 is 2.07 bits per heavy atom. The lowest BCUT2D eigenvalue weighted by molar-refractivity contribution is -0.132. The molecule has 0 aliphatic carbocycles. The van der Waals surface area contributed by atoms with E-state index >= 15 is 0 Å². The van der Waals surface area contributed by atoms with Gasteiger partial charge in [0.2, 0.25) is 5.88 Å². The monoisotopic (exact) mass is 202 g/mol. The van der Waals surface area contributed by atoms with E-state index in [2.05, 4.69) is 4.98 Å². The molecule has 0 aliphatic rings. The topological polar surface area (TPSA) is 44.1 Å². The summed E-state index contributed by atoms with van der Waals surface area (Å²) in [6, 6.07) is 7.24. The molecule has 0 aromatic carbocycles. The number of carbonyl (C=O) groups excluding carboxylic acids is 1. The molecular formula is C11H10N2O2. The Morgan fingerprint density at radius 3 is 2.73 bits per heavy atom. The Morgan fingerprint density at radius 1 is 1.33 bits per heavy atom. The molecule has 0 saturated carbocycles. The van der Waals surface area contributed by atoms with E-state index < -0.39 is 0 Å². The van der Waals surface area contributed by atoms with E-state index in [9.17, 15) is 4.79 Å². The highest BCUT2D eigenvalue weighted by Crippen LogP contribution is 2.18. The Bertz CT molecular complexity index is 462. The van der Waals surface area contributed by atoms with Crippen LogP contribution in [0.5, 0.6) is 5.88 Å². The van der Waals surface area contributed by atoms with Crippen LogP contribution >= 0.6 is 0 Å². The minimum Gasteiger partial charge on any atom is -0.409 e. The molecule has 4 heteroatoms. The normalized spacial score (nSPS) is 9.93. The maximum Gasteiger partial charge on any atom is 0.309 e. The van der Waals surface area contributed by atoms with Crippen molar-refractivity contribution in [3.8, 4) is 11.6 Å². The number of ether oxygens (including phenoxy) is 1. The first-order valence-electron chi connectivity index (χ1n) is 4.53. The number of carbonyl (C=O) groups is 1. The maximum atomic E-state index is 10.8. The molecule has 0 atom stereocenters. The van der Waals surface area contributed by atoms with Crippen LogP contribution in [0.3, 0.4) is 0 Å². The zero-order chi connectivity index (χ0) is 10.7. The Balaban J connectivity index is 2.37. The van der Waals surface area contributed by atoms with Crippen molar-refractivity contribution in [1.29, 1.82) is 0 Å². The van der Waals surface area contributed by atoms with E-state index in [1.165, 1.54) is 6.92 Å². The fourth-order valence-electron chi connectivity index (χ4n) is 1.31. The summed E-state index contributed by atoms with van der Waals surface area (Å²) in [7, 11) is 0. The van der Waals surface area contributed by atoms with E-state index in [1.54, 1.807) is 23.0 Å². The largest absolute Gasteiger partial charge is 0.409 e. The number of hydrogen-bond acceptors (Lipinski definition) is 3. The summed E-state index contributed by atoms with van der Waals surface area (Å²) in [4.78, 5) is 14.8. The Kier molecular flexibility index (Phi) is 2.49. The van der Waals surface area contributed by atoms with Gasteiger partial charge in [-0.2, -0.15) is 0 Å². The molecule has 0 saturated heterocycles. The van der Waals surface area contributed by atoms with Crippen LogP contribution in [0.4, 0.5) is 0 Å². The van der Waals surface area contributed by atoms with Crippen molar-refractivity contribution in [1.82, 2.24) is 9.55 Å². The third-order valence-corrected chi connectivity index (χ3v) is 1.90. The summed E-state index contributed by atoms with van der Waals surface area (Å²) in [5.74, 6) is 0.178. The molecule has 0 spiro atoms. The minimum absolute atomic E-state index is 0.330. The van der Waals surface area contributed by atoms with Crippen molar-refractivity contribution in [3.63, 3.8) is 0 Å². The molecule has 0 N–H and O–H groups in total. The highest BCUT2D eigenvalue weighted by atomic mass is 16.5. The summed E-state index contributed by atoms with van der Waals surface area (Å²) in [5.41, 5.74) is 0.909. The highest BCUT2D eigenvalue weighted by Gasteiger charge is 2.05. The SMILES string of the molecule is CC(=O)Oc1cccn1-c1ccncc1. The summed E-state index contributed by atoms with van der Waals surface area (Å²) in [6.45, 7) is 1.38. The van der Waals surface area contributed by atoms with Crippen LogP contribution in [0.25, 0.3) is 5.69 Å². The van der Waals surface area contributed by atoms with E-state index in [1.807, 2.05) is 24.4 Å². The first-order valence-corrected chi connectivity index (χ1v) is 4.53. The fourth-order valence-corrected chi connectivity index (χ4v) is 1.31. The van der Waals surface area contributed by atoms with E-state index in [0.717, 1.165) is 5.69 Å². The van der Waals surface area contributed by atoms with Gasteiger partial charge >= 0.3 is 5.97 Å². The van der Waals surface area contributed by atoms with Gasteiger partial charge < -0.3 is 4.74 Å². The molecule has 2 rings (SSSR count). The predicted molar refractivity (Wildman–Crippen MR) is 54.9 cm³/mol. The van der Waals surface area contributed by atoms with E-state index in [-0.39, 0.29) is 5.97 Å². The second-order valence-electron chi connectivity index (χ2n) is 3.02. The number of aromatic nitrogens is 2. The number of pyridine rings is 1. The van der Waals surface area contributed by atoms with Crippen LogP contribution in [0, 0.1) is 0 Å². The number of nitrogens with zero attached hydrogens (tertiary/aromatic N) is 2. The van der Waals surface area contributed by atoms with Gasteiger partial charge in [0.15, 0.2) is 0 Å². The quantitative estimate of drug-likeness (QED) is 0.697. The zero-order valence-electron chi connectivity index (χ0n) is 8.25. The van der Waals surface area contributed by atoms with Gasteiger partial charge in [0.05, 0.1) is 5.69 Å². The second-order valence-corrected chi connectivity index (χ2v) is 3.02. The van der Waals surface area contributed by atoms with Gasteiger partial charge in [-0.25, -0.2) is 0 Å². The van der Waals surface area contributed by atoms with Gasteiger partial charge in [-0.3, -0.25) is 14.3 Å². The van der Waals surface area contributed by atoms with E-state index in [4.69, 9.17) is 4.74 Å². The summed E-state index contributed by atoms with van der Waals surface area (Å²) in [6.07, 6.45) is 5.20. The van der Waals surface area contributed by atoms with Crippen LogP contribution in [-0.2, 0) is 4.79 Å². The van der Waals surface area contributed by atoms with Crippen LogP contribution < -0.4 is 4.74 Å². The fraction of sp³-hybridized carbons (Fsp3) is 0.0909. The van der Waals surface area contributed by atoms with Crippen LogP contribution in [0.15, 0.2) is 42.9 Å². The van der Waals surface area contributed by atoms with Gasteiger partial charge in [-0.1, -0.05) is 0 Å². The Hall–Kier alpha value is -2.10. The molecule has 2 aromatic rings. The van der Waals surface area contributed by atoms with Crippen molar-refractivity contribution in [2.75, 3.05) is 0 Å². The standard InChI is InChI=1S/C11H10N2O2/c1-9(14)15-11-3-2-8-13(11)10-4-6-12-7-5-10/h2-8H,1H3. The molecule has 0 bridgehead atoms. The van der Waals surface area contributed by atoms with Crippen LogP contribution in [0.1, 0.15) is 6.92 Å². The number of rotatable bonds is 2. The zero-order valence-corrected chi connectivity index (χ0v) is 8.25. The molecule has 0 amide bonds. The third kappa shape index (κ3) is 2.04. The molecule has 0 fully saturated rings.